The lowest BCUT2D eigenvalue weighted by Crippen LogP contribution is -2.01. The molecule has 2 aromatic rings. The fourth-order valence-electron chi connectivity index (χ4n) is 1.35. The SMILES string of the molecule is C[C@H](Sc1nncs1)c1ccc(OC(F)F)cc1. The predicted molar refractivity (Wildman–Crippen MR) is 67.3 cm³/mol. The zero-order chi connectivity index (χ0) is 13.0. The third kappa shape index (κ3) is 3.64. The highest BCUT2D eigenvalue weighted by Gasteiger charge is 2.10. The molecular formula is C11H10F2N2OS2. The van der Waals surface area contributed by atoms with Crippen molar-refractivity contribution in [3.63, 3.8) is 0 Å². The van der Waals surface area contributed by atoms with Crippen molar-refractivity contribution in [2.45, 2.75) is 23.1 Å². The van der Waals surface area contributed by atoms with Gasteiger partial charge in [-0.3, -0.25) is 0 Å². The van der Waals surface area contributed by atoms with E-state index >= 15 is 0 Å². The molecule has 0 N–H and O–H groups in total. The monoisotopic (exact) mass is 288 g/mol. The minimum Gasteiger partial charge on any atom is -0.435 e. The van der Waals surface area contributed by atoms with Crippen LogP contribution in [0.1, 0.15) is 17.7 Å². The molecule has 1 aromatic heterocycles. The lowest BCUT2D eigenvalue weighted by atomic mass is 10.2. The molecule has 96 valence electrons. The average Bonchev–Trinajstić information content (AvgIpc) is 2.82. The van der Waals surface area contributed by atoms with E-state index < -0.39 is 6.61 Å². The van der Waals surface area contributed by atoms with Crippen molar-refractivity contribution >= 4 is 23.1 Å². The summed E-state index contributed by atoms with van der Waals surface area (Å²) in [6, 6.07) is 6.63. The smallest absolute Gasteiger partial charge is 0.387 e. The molecule has 0 amide bonds. The Morgan fingerprint density at radius 1 is 1.28 bits per heavy atom. The normalized spacial score (nSPS) is 12.7. The molecule has 2 rings (SSSR count). The zero-order valence-electron chi connectivity index (χ0n) is 9.42. The van der Waals surface area contributed by atoms with Crippen molar-refractivity contribution in [2.75, 3.05) is 0 Å². The molecule has 7 heteroatoms. The molecule has 0 aliphatic carbocycles. The number of thioether (sulfide) groups is 1. The van der Waals surface area contributed by atoms with Crippen LogP contribution in [0.3, 0.4) is 0 Å². The van der Waals surface area contributed by atoms with Crippen molar-refractivity contribution in [1.29, 1.82) is 0 Å². The van der Waals surface area contributed by atoms with Crippen LogP contribution in [0.5, 0.6) is 5.75 Å². The summed E-state index contributed by atoms with van der Waals surface area (Å²) >= 11 is 3.05. The largest absolute Gasteiger partial charge is 0.435 e. The van der Waals surface area contributed by atoms with Crippen LogP contribution in [0.15, 0.2) is 34.1 Å². The number of halogens is 2. The Labute approximate surface area is 111 Å². The molecule has 1 aromatic carbocycles. The van der Waals surface area contributed by atoms with Crippen LogP contribution < -0.4 is 4.74 Å². The molecule has 1 atom stereocenters. The van der Waals surface area contributed by atoms with Gasteiger partial charge in [0.1, 0.15) is 11.3 Å². The van der Waals surface area contributed by atoms with E-state index in [0.717, 1.165) is 9.90 Å². The van der Waals surface area contributed by atoms with Gasteiger partial charge in [0.05, 0.1) is 0 Å². The fourth-order valence-corrected chi connectivity index (χ4v) is 3.11. The highest BCUT2D eigenvalue weighted by atomic mass is 32.2. The van der Waals surface area contributed by atoms with Crippen LogP contribution in [0.25, 0.3) is 0 Å². The van der Waals surface area contributed by atoms with Crippen molar-refractivity contribution in [3.05, 3.63) is 35.3 Å². The minimum atomic E-state index is -2.79. The summed E-state index contributed by atoms with van der Waals surface area (Å²) in [5.74, 6) is 0.168. The van der Waals surface area contributed by atoms with E-state index in [-0.39, 0.29) is 11.0 Å². The van der Waals surface area contributed by atoms with Crippen LogP contribution in [0.2, 0.25) is 0 Å². The predicted octanol–water partition coefficient (Wildman–Crippen LogP) is 3.99. The Balaban J connectivity index is 2.00. The molecule has 0 saturated carbocycles. The molecule has 3 nitrogen and oxygen atoms in total. The maximum Gasteiger partial charge on any atom is 0.387 e. The topological polar surface area (TPSA) is 35.0 Å². The molecule has 0 saturated heterocycles. The van der Waals surface area contributed by atoms with Crippen LogP contribution >= 0.6 is 23.1 Å². The van der Waals surface area contributed by atoms with E-state index in [0.29, 0.717) is 0 Å². The first-order valence-corrected chi connectivity index (χ1v) is 6.88. The first kappa shape index (κ1) is 13.2. The van der Waals surface area contributed by atoms with Crippen LogP contribution in [0, 0.1) is 0 Å². The van der Waals surface area contributed by atoms with Crippen LogP contribution in [-0.2, 0) is 0 Å². The van der Waals surface area contributed by atoms with E-state index in [1.807, 2.05) is 6.92 Å². The Morgan fingerprint density at radius 3 is 2.56 bits per heavy atom. The second kappa shape index (κ2) is 6.10. The lowest BCUT2D eigenvalue weighted by molar-refractivity contribution is -0.0498. The maximum atomic E-state index is 12.0. The van der Waals surface area contributed by atoms with Gasteiger partial charge in [0.15, 0.2) is 4.34 Å². The molecule has 0 fully saturated rings. The van der Waals surface area contributed by atoms with E-state index in [1.165, 1.54) is 11.3 Å². The van der Waals surface area contributed by atoms with Gasteiger partial charge in [-0.15, -0.1) is 10.2 Å². The zero-order valence-corrected chi connectivity index (χ0v) is 11.0. The Morgan fingerprint density at radius 2 is 2.00 bits per heavy atom. The number of hydrogen-bond donors (Lipinski definition) is 0. The first-order valence-electron chi connectivity index (χ1n) is 5.13. The summed E-state index contributed by atoms with van der Waals surface area (Å²) in [5, 5.41) is 7.89. The third-order valence-corrected chi connectivity index (χ3v) is 4.16. The van der Waals surface area contributed by atoms with Gasteiger partial charge in [0.25, 0.3) is 0 Å². The number of aromatic nitrogens is 2. The quantitative estimate of drug-likeness (QED) is 0.779. The third-order valence-electron chi connectivity index (χ3n) is 2.19. The number of hydrogen-bond acceptors (Lipinski definition) is 5. The van der Waals surface area contributed by atoms with E-state index in [9.17, 15) is 8.78 Å². The molecular weight excluding hydrogens is 278 g/mol. The van der Waals surface area contributed by atoms with Crippen LogP contribution in [-0.4, -0.2) is 16.8 Å². The molecule has 0 spiro atoms. The van der Waals surface area contributed by atoms with Crippen molar-refractivity contribution in [3.8, 4) is 5.75 Å². The van der Waals surface area contributed by atoms with Gasteiger partial charge >= 0.3 is 6.61 Å². The molecule has 18 heavy (non-hydrogen) atoms. The first-order chi connectivity index (χ1) is 8.65. The van der Waals surface area contributed by atoms with E-state index in [2.05, 4.69) is 14.9 Å². The summed E-state index contributed by atoms with van der Waals surface area (Å²) in [7, 11) is 0. The Hall–Kier alpha value is -1.21. The Bertz CT molecular complexity index is 476. The second-order valence-electron chi connectivity index (χ2n) is 3.41. The van der Waals surface area contributed by atoms with Crippen molar-refractivity contribution < 1.29 is 13.5 Å². The number of alkyl halides is 2. The molecule has 0 unspecified atom stereocenters. The van der Waals surface area contributed by atoms with Crippen LogP contribution in [0.4, 0.5) is 8.78 Å². The summed E-state index contributed by atoms with van der Waals surface area (Å²) in [5.41, 5.74) is 2.70. The summed E-state index contributed by atoms with van der Waals surface area (Å²) in [6.45, 7) is -0.765. The van der Waals surface area contributed by atoms with E-state index in [4.69, 9.17) is 0 Å². The number of benzene rings is 1. The van der Waals surface area contributed by atoms with Gasteiger partial charge in [-0.05, 0) is 24.6 Å². The Kier molecular flexibility index (Phi) is 4.48. The van der Waals surface area contributed by atoms with E-state index in [1.54, 1.807) is 41.5 Å². The van der Waals surface area contributed by atoms with Crippen molar-refractivity contribution in [2.24, 2.45) is 0 Å². The number of rotatable bonds is 5. The molecule has 0 aliphatic rings. The van der Waals surface area contributed by atoms with Gasteiger partial charge in [0, 0.05) is 5.25 Å². The molecule has 0 bridgehead atoms. The summed E-state index contributed by atoms with van der Waals surface area (Å²) in [4.78, 5) is 0. The van der Waals surface area contributed by atoms with Gasteiger partial charge < -0.3 is 4.74 Å². The highest BCUT2D eigenvalue weighted by Crippen LogP contribution is 2.35. The average molecular weight is 288 g/mol. The van der Waals surface area contributed by atoms with Crippen molar-refractivity contribution in [1.82, 2.24) is 10.2 Å². The standard InChI is InChI=1S/C11H10F2N2OS2/c1-7(18-11-15-14-6-17-11)8-2-4-9(5-3-8)16-10(12)13/h2-7,10H,1H3/t7-/m0/s1. The number of ether oxygens (including phenoxy) is 1. The fraction of sp³-hybridized carbons (Fsp3) is 0.273. The number of nitrogens with zero attached hydrogens (tertiary/aromatic N) is 2. The molecule has 0 radical (unpaired) electrons. The summed E-state index contributed by atoms with van der Waals surface area (Å²) in [6.07, 6.45) is 0. The highest BCUT2D eigenvalue weighted by molar-refractivity contribution is 8.01. The van der Waals surface area contributed by atoms with Gasteiger partial charge in [0.2, 0.25) is 0 Å². The van der Waals surface area contributed by atoms with Gasteiger partial charge in [-0.2, -0.15) is 8.78 Å². The lowest BCUT2D eigenvalue weighted by Gasteiger charge is -2.10. The molecule has 1 heterocycles. The van der Waals surface area contributed by atoms with Gasteiger partial charge in [-0.1, -0.05) is 35.2 Å². The summed E-state index contributed by atoms with van der Waals surface area (Å²) < 4.78 is 29.2. The van der Waals surface area contributed by atoms with Gasteiger partial charge in [-0.25, -0.2) is 0 Å². The molecule has 0 aliphatic heterocycles. The maximum absolute atomic E-state index is 12.0. The minimum absolute atomic E-state index is 0.168. The second-order valence-corrected chi connectivity index (χ2v) is 5.83.